The predicted molar refractivity (Wildman–Crippen MR) is 124 cm³/mol. The molecule has 0 saturated carbocycles. The minimum Gasteiger partial charge on any atom is -0.481 e. The van der Waals surface area contributed by atoms with Gasteiger partial charge in [0.25, 0.3) is 0 Å². The number of carbonyl (C=O) groups excluding carboxylic acids is 3. The number of carboxylic acid groups (broad SMARTS) is 1. The molecule has 2 unspecified atom stereocenters. The van der Waals surface area contributed by atoms with E-state index in [9.17, 15) is 24.3 Å². The maximum atomic E-state index is 13.0. The predicted octanol–water partition coefficient (Wildman–Crippen LogP) is 2.83. The van der Waals surface area contributed by atoms with E-state index in [4.69, 9.17) is 9.47 Å². The standard InChI is InChI=1S/C25H30N2O7/c1-25(2,3)34-23(31)20(15-21(28)29)26-22(30)19(14-17-10-6-4-7-11-17)27-24(32)33-16-18-12-8-5-9-13-18/h4-13,19-20H,14-16H2,1-3H3,(H,26,30)(H,27,32)(H,28,29). The van der Waals surface area contributed by atoms with Crippen LogP contribution < -0.4 is 10.6 Å². The van der Waals surface area contributed by atoms with Crippen LogP contribution in [0.2, 0.25) is 0 Å². The summed E-state index contributed by atoms with van der Waals surface area (Å²) in [5.74, 6) is -2.91. The number of hydrogen-bond donors (Lipinski definition) is 3. The van der Waals surface area contributed by atoms with Crippen LogP contribution in [0.1, 0.15) is 38.3 Å². The topological polar surface area (TPSA) is 131 Å². The first kappa shape index (κ1) is 26.4. The Bertz CT molecular complexity index is 972. The third-order valence-electron chi connectivity index (χ3n) is 4.49. The second-order valence-electron chi connectivity index (χ2n) is 8.64. The Morgan fingerprint density at radius 2 is 1.41 bits per heavy atom. The Morgan fingerprint density at radius 1 is 0.853 bits per heavy atom. The zero-order valence-corrected chi connectivity index (χ0v) is 19.4. The minimum atomic E-state index is -1.43. The molecule has 2 aromatic carbocycles. The summed E-state index contributed by atoms with van der Waals surface area (Å²) in [6.45, 7) is 4.90. The highest BCUT2D eigenvalue weighted by molar-refractivity contribution is 5.91. The van der Waals surface area contributed by atoms with Crippen molar-refractivity contribution in [1.82, 2.24) is 10.6 Å². The molecular formula is C25H30N2O7. The van der Waals surface area contributed by atoms with E-state index in [2.05, 4.69) is 10.6 Å². The molecule has 9 heteroatoms. The number of aliphatic carboxylic acids is 1. The van der Waals surface area contributed by atoms with Crippen molar-refractivity contribution in [2.75, 3.05) is 0 Å². The van der Waals surface area contributed by atoms with Crippen LogP contribution in [0.25, 0.3) is 0 Å². The number of amides is 2. The Morgan fingerprint density at radius 3 is 1.94 bits per heavy atom. The average Bonchev–Trinajstić information content (AvgIpc) is 2.76. The van der Waals surface area contributed by atoms with Gasteiger partial charge in [-0.3, -0.25) is 9.59 Å². The number of rotatable bonds is 10. The van der Waals surface area contributed by atoms with Gasteiger partial charge in [0.05, 0.1) is 6.42 Å². The van der Waals surface area contributed by atoms with E-state index in [0.29, 0.717) is 0 Å². The van der Waals surface area contributed by atoms with Gasteiger partial charge in [-0.1, -0.05) is 60.7 Å². The van der Waals surface area contributed by atoms with Crippen molar-refractivity contribution in [3.8, 4) is 0 Å². The zero-order valence-electron chi connectivity index (χ0n) is 19.4. The van der Waals surface area contributed by atoms with Crippen LogP contribution in [-0.4, -0.2) is 46.7 Å². The van der Waals surface area contributed by atoms with E-state index in [1.54, 1.807) is 57.2 Å². The van der Waals surface area contributed by atoms with Crippen LogP contribution >= 0.6 is 0 Å². The number of benzene rings is 2. The molecule has 0 aliphatic rings. The summed E-state index contributed by atoms with van der Waals surface area (Å²) in [5.41, 5.74) is 0.646. The summed E-state index contributed by atoms with van der Waals surface area (Å²) < 4.78 is 10.5. The monoisotopic (exact) mass is 470 g/mol. The lowest BCUT2D eigenvalue weighted by Crippen LogP contribution is -2.53. The molecule has 0 aliphatic heterocycles. The van der Waals surface area contributed by atoms with Gasteiger partial charge >= 0.3 is 18.0 Å². The quantitative estimate of drug-likeness (QED) is 0.455. The first-order valence-corrected chi connectivity index (χ1v) is 10.8. The van der Waals surface area contributed by atoms with E-state index in [1.807, 2.05) is 24.3 Å². The molecule has 2 amide bonds. The first-order chi connectivity index (χ1) is 16.0. The summed E-state index contributed by atoms with van der Waals surface area (Å²) in [7, 11) is 0. The number of hydrogen-bond acceptors (Lipinski definition) is 6. The molecule has 2 aromatic rings. The highest BCUT2D eigenvalue weighted by Crippen LogP contribution is 2.11. The van der Waals surface area contributed by atoms with Crippen molar-refractivity contribution in [1.29, 1.82) is 0 Å². The Balaban J connectivity index is 2.13. The van der Waals surface area contributed by atoms with Crippen molar-refractivity contribution < 1.29 is 33.8 Å². The molecule has 0 aromatic heterocycles. The lowest BCUT2D eigenvalue weighted by Gasteiger charge is -2.25. The van der Waals surface area contributed by atoms with Crippen LogP contribution in [0.4, 0.5) is 4.79 Å². The number of esters is 1. The van der Waals surface area contributed by atoms with Gasteiger partial charge in [-0.05, 0) is 31.9 Å². The Hall–Kier alpha value is -3.88. The molecule has 0 heterocycles. The largest absolute Gasteiger partial charge is 0.481 e. The van der Waals surface area contributed by atoms with E-state index < -0.39 is 48.0 Å². The lowest BCUT2D eigenvalue weighted by atomic mass is 10.0. The summed E-state index contributed by atoms with van der Waals surface area (Å²) in [6, 6.07) is 15.4. The maximum absolute atomic E-state index is 13.0. The Kier molecular flexibility index (Phi) is 9.61. The molecule has 0 spiro atoms. The van der Waals surface area contributed by atoms with Gasteiger partial charge in [-0.15, -0.1) is 0 Å². The molecule has 3 N–H and O–H groups in total. The highest BCUT2D eigenvalue weighted by Gasteiger charge is 2.32. The van der Waals surface area contributed by atoms with Crippen LogP contribution in [-0.2, 0) is 36.9 Å². The van der Waals surface area contributed by atoms with Crippen molar-refractivity contribution in [3.63, 3.8) is 0 Å². The fourth-order valence-corrected chi connectivity index (χ4v) is 2.98. The summed E-state index contributed by atoms with van der Waals surface area (Å²) >= 11 is 0. The normalized spacial score (nSPS) is 12.7. The second-order valence-corrected chi connectivity index (χ2v) is 8.64. The maximum Gasteiger partial charge on any atom is 0.408 e. The van der Waals surface area contributed by atoms with E-state index in [0.717, 1.165) is 11.1 Å². The summed E-state index contributed by atoms with van der Waals surface area (Å²) in [6.07, 6.45) is -1.40. The van der Waals surface area contributed by atoms with Gasteiger partial charge in [0.2, 0.25) is 5.91 Å². The molecule has 0 fully saturated rings. The number of alkyl carbamates (subject to hydrolysis) is 1. The third kappa shape index (κ3) is 9.72. The molecule has 0 saturated heterocycles. The fraction of sp³-hybridized carbons (Fsp3) is 0.360. The third-order valence-corrected chi connectivity index (χ3v) is 4.49. The van der Waals surface area contributed by atoms with Gasteiger partial charge in [0, 0.05) is 6.42 Å². The van der Waals surface area contributed by atoms with Gasteiger partial charge in [0.1, 0.15) is 24.3 Å². The first-order valence-electron chi connectivity index (χ1n) is 10.8. The molecule has 0 bridgehead atoms. The van der Waals surface area contributed by atoms with Crippen molar-refractivity contribution >= 4 is 23.9 Å². The van der Waals surface area contributed by atoms with Crippen LogP contribution in [0, 0.1) is 0 Å². The number of nitrogens with one attached hydrogen (secondary N) is 2. The van der Waals surface area contributed by atoms with Crippen LogP contribution in [0.15, 0.2) is 60.7 Å². The van der Waals surface area contributed by atoms with Crippen LogP contribution in [0.3, 0.4) is 0 Å². The molecule has 2 rings (SSSR count). The molecule has 9 nitrogen and oxygen atoms in total. The van der Waals surface area contributed by atoms with Gasteiger partial charge in [0.15, 0.2) is 0 Å². The van der Waals surface area contributed by atoms with Crippen molar-refractivity contribution in [3.05, 3.63) is 71.8 Å². The SMILES string of the molecule is CC(C)(C)OC(=O)C(CC(=O)O)NC(=O)C(Cc1ccccc1)NC(=O)OCc1ccccc1. The van der Waals surface area contributed by atoms with Crippen molar-refractivity contribution in [2.24, 2.45) is 0 Å². The lowest BCUT2D eigenvalue weighted by molar-refractivity contribution is -0.161. The van der Waals surface area contributed by atoms with Gasteiger partial charge in [-0.2, -0.15) is 0 Å². The van der Waals surface area contributed by atoms with Gasteiger partial charge < -0.3 is 25.2 Å². The smallest absolute Gasteiger partial charge is 0.408 e. The van der Waals surface area contributed by atoms with Crippen molar-refractivity contribution in [2.45, 2.75) is 57.9 Å². The molecule has 182 valence electrons. The fourth-order valence-electron chi connectivity index (χ4n) is 2.98. The highest BCUT2D eigenvalue weighted by atomic mass is 16.6. The van der Waals surface area contributed by atoms with Crippen LogP contribution in [0.5, 0.6) is 0 Å². The van der Waals surface area contributed by atoms with E-state index in [-0.39, 0.29) is 13.0 Å². The second kappa shape index (κ2) is 12.4. The number of carbonyl (C=O) groups is 4. The molecule has 0 radical (unpaired) electrons. The molecule has 2 atom stereocenters. The zero-order chi connectivity index (χ0) is 25.1. The van der Waals surface area contributed by atoms with E-state index >= 15 is 0 Å². The molecule has 34 heavy (non-hydrogen) atoms. The average molecular weight is 471 g/mol. The van der Waals surface area contributed by atoms with Gasteiger partial charge in [-0.25, -0.2) is 9.59 Å². The molecule has 0 aliphatic carbocycles. The summed E-state index contributed by atoms with van der Waals surface area (Å²) in [5, 5.41) is 14.1. The summed E-state index contributed by atoms with van der Waals surface area (Å²) in [4.78, 5) is 49.2. The molecular weight excluding hydrogens is 440 g/mol. The number of ether oxygens (including phenoxy) is 2. The Labute approximate surface area is 198 Å². The van der Waals surface area contributed by atoms with E-state index in [1.165, 1.54) is 0 Å². The number of carboxylic acids is 1. The minimum absolute atomic E-state index is 0.00585.